The fourth-order valence-corrected chi connectivity index (χ4v) is 2.01. The summed E-state index contributed by atoms with van der Waals surface area (Å²) in [6.45, 7) is 13.1. The van der Waals surface area contributed by atoms with Gasteiger partial charge in [0.05, 0.1) is 0 Å². The van der Waals surface area contributed by atoms with Crippen molar-refractivity contribution in [1.82, 2.24) is 10.2 Å². The van der Waals surface area contributed by atoms with Crippen molar-refractivity contribution in [3.8, 4) is 0 Å². The highest BCUT2D eigenvalue weighted by Crippen LogP contribution is 2.20. The van der Waals surface area contributed by atoms with Crippen molar-refractivity contribution in [2.75, 3.05) is 33.7 Å². The molecule has 1 atom stereocenters. The van der Waals surface area contributed by atoms with E-state index in [4.69, 9.17) is 4.79 Å². The second-order valence-corrected chi connectivity index (χ2v) is 4.50. The predicted octanol–water partition coefficient (Wildman–Crippen LogP) is 3.34. The molecule has 0 saturated carbocycles. The number of nitrogens with one attached hydrogen (secondary N) is 1. The minimum Gasteiger partial charge on any atom is -0.318 e. The lowest BCUT2D eigenvalue weighted by Gasteiger charge is -2.23. The summed E-state index contributed by atoms with van der Waals surface area (Å²) in [6.07, 6.45) is 3.05. The van der Waals surface area contributed by atoms with Crippen LogP contribution in [0.4, 0.5) is 0 Å². The number of likely N-dealkylation sites (N-methyl/N-ethyl adjacent to an activating group) is 2. The van der Waals surface area contributed by atoms with Crippen molar-refractivity contribution in [3.63, 3.8) is 0 Å². The Hall–Kier alpha value is -1.45. The molecule has 0 fully saturated rings. The molecule has 0 aliphatic rings. The van der Waals surface area contributed by atoms with Gasteiger partial charge in [0.2, 0.25) is 0 Å². The second kappa shape index (κ2) is 16.6. The Morgan fingerprint density at radius 2 is 1.81 bits per heavy atom. The van der Waals surface area contributed by atoms with Crippen LogP contribution < -0.4 is 5.32 Å². The summed E-state index contributed by atoms with van der Waals surface area (Å²) < 4.78 is 0. The Labute approximate surface area is 131 Å². The summed E-state index contributed by atoms with van der Waals surface area (Å²) in [6, 6.07) is 10.7. The number of carbonyl (C=O) groups excluding carboxylic acids is 1. The molecule has 1 N–H and O–H groups in total. The SMILES string of the molecule is C=CCC(CN(C)CCNC)c1ccccc1.C=O.CC. The number of rotatable bonds is 8. The van der Waals surface area contributed by atoms with E-state index >= 15 is 0 Å². The van der Waals surface area contributed by atoms with Gasteiger partial charge in [0, 0.05) is 25.6 Å². The van der Waals surface area contributed by atoms with E-state index in [9.17, 15) is 0 Å². The van der Waals surface area contributed by atoms with Gasteiger partial charge >= 0.3 is 0 Å². The Kier molecular flexibility index (Phi) is 17.3. The first-order valence-electron chi connectivity index (χ1n) is 7.55. The van der Waals surface area contributed by atoms with Crippen LogP contribution in [0.15, 0.2) is 43.0 Å². The highest BCUT2D eigenvalue weighted by Gasteiger charge is 2.11. The van der Waals surface area contributed by atoms with E-state index in [1.165, 1.54) is 5.56 Å². The van der Waals surface area contributed by atoms with Gasteiger partial charge in [-0.25, -0.2) is 0 Å². The van der Waals surface area contributed by atoms with Crippen molar-refractivity contribution in [2.24, 2.45) is 0 Å². The first-order valence-corrected chi connectivity index (χ1v) is 7.55. The third kappa shape index (κ3) is 10.9. The third-order valence-corrected chi connectivity index (χ3v) is 3.00. The Morgan fingerprint density at radius 3 is 2.29 bits per heavy atom. The van der Waals surface area contributed by atoms with Gasteiger partial charge in [0.1, 0.15) is 6.79 Å². The van der Waals surface area contributed by atoms with Gasteiger partial charge in [-0.1, -0.05) is 50.3 Å². The number of benzene rings is 1. The van der Waals surface area contributed by atoms with Crippen LogP contribution in [0.25, 0.3) is 0 Å². The third-order valence-electron chi connectivity index (χ3n) is 3.00. The fraction of sp³-hybridized carbons (Fsp3) is 0.500. The zero-order valence-electron chi connectivity index (χ0n) is 14.1. The number of hydrogen-bond acceptors (Lipinski definition) is 3. The zero-order chi connectivity index (χ0) is 16.5. The van der Waals surface area contributed by atoms with Crippen LogP contribution in [-0.4, -0.2) is 45.4 Å². The lowest BCUT2D eigenvalue weighted by Crippen LogP contribution is -2.30. The van der Waals surface area contributed by atoms with E-state index in [-0.39, 0.29) is 0 Å². The monoisotopic (exact) mass is 292 g/mol. The highest BCUT2D eigenvalue weighted by molar-refractivity contribution is 5.20. The van der Waals surface area contributed by atoms with Crippen molar-refractivity contribution in [3.05, 3.63) is 48.6 Å². The van der Waals surface area contributed by atoms with Crippen LogP contribution in [0.5, 0.6) is 0 Å². The Morgan fingerprint density at radius 1 is 1.24 bits per heavy atom. The van der Waals surface area contributed by atoms with E-state index in [1.807, 2.05) is 33.8 Å². The summed E-state index contributed by atoms with van der Waals surface area (Å²) >= 11 is 0. The van der Waals surface area contributed by atoms with Crippen LogP contribution in [-0.2, 0) is 4.79 Å². The molecule has 0 radical (unpaired) electrons. The van der Waals surface area contributed by atoms with Crippen molar-refractivity contribution < 1.29 is 4.79 Å². The molecular weight excluding hydrogens is 260 g/mol. The van der Waals surface area contributed by atoms with E-state index < -0.39 is 0 Å². The molecule has 3 heteroatoms. The maximum absolute atomic E-state index is 8.00. The molecule has 120 valence electrons. The number of carbonyl (C=O) groups is 1. The van der Waals surface area contributed by atoms with E-state index in [1.54, 1.807) is 0 Å². The van der Waals surface area contributed by atoms with Gasteiger partial charge in [-0.05, 0) is 26.1 Å². The fourth-order valence-electron chi connectivity index (χ4n) is 2.01. The molecule has 0 saturated heterocycles. The second-order valence-electron chi connectivity index (χ2n) is 4.50. The maximum Gasteiger partial charge on any atom is 0.106 e. The van der Waals surface area contributed by atoms with Crippen LogP contribution in [0.2, 0.25) is 0 Å². The quantitative estimate of drug-likeness (QED) is 0.746. The molecule has 1 unspecified atom stereocenters. The summed E-state index contributed by atoms with van der Waals surface area (Å²) in [5.41, 5.74) is 1.41. The summed E-state index contributed by atoms with van der Waals surface area (Å²) in [5.74, 6) is 0.551. The van der Waals surface area contributed by atoms with Crippen molar-refractivity contribution in [2.45, 2.75) is 26.2 Å². The minimum atomic E-state index is 0.551. The normalized spacial score (nSPS) is 10.7. The molecule has 1 aromatic carbocycles. The van der Waals surface area contributed by atoms with E-state index in [0.29, 0.717) is 5.92 Å². The zero-order valence-corrected chi connectivity index (χ0v) is 14.1. The number of allylic oxidation sites excluding steroid dienone is 1. The maximum atomic E-state index is 8.00. The molecular formula is C18H32N2O. The molecule has 0 heterocycles. The van der Waals surface area contributed by atoms with E-state index in [0.717, 1.165) is 26.1 Å². The molecule has 3 nitrogen and oxygen atoms in total. The highest BCUT2D eigenvalue weighted by atomic mass is 16.1. The summed E-state index contributed by atoms with van der Waals surface area (Å²) in [5, 5.41) is 3.18. The standard InChI is InChI=1S/C15H24N2.C2H6.CH2O/c1-4-8-15(13-17(3)12-11-16-2)14-9-6-5-7-10-14;2*1-2/h4-7,9-10,15-16H,1,8,11-13H2,2-3H3;1-2H3;1H2. The average Bonchev–Trinajstić information content (AvgIpc) is 2.57. The van der Waals surface area contributed by atoms with Crippen molar-refractivity contribution >= 4 is 6.79 Å². The summed E-state index contributed by atoms with van der Waals surface area (Å²) in [7, 11) is 4.17. The molecule has 0 aliphatic heterocycles. The Bertz CT molecular complexity index is 327. The van der Waals surface area contributed by atoms with Crippen LogP contribution >= 0.6 is 0 Å². The largest absolute Gasteiger partial charge is 0.318 e. The molecule has 0 spiro atoms. The molecule has 0 amide bonds. The number of hydrogen-bond donors (Lipinski definition) is 1. The lowest BCUT2D eigenvalue weighted by atomic mass is 9.95. The van der Waals surface area contributed by atoms with Gasteiger partial charge in [0.25, 0.3) is 0 Å². The van der Waals surface area contributed by atoms with E-state index in [2.05, 4.69) is 54.2 Å². The van der Waals surface area contributed by atoms with Crippen LogP contribution in [0, 0.1) is 0 Å². The predicted molar refractivity (Wildman–Crippen MR) is 93.9 cm³/mol. The smallest absolute Gasteiger partial charge is 0.106 e. The van der Waals surface area contributed by atoms with Gasteiger partial charge in [0.15, 0.2) is 0 Å². The first kappa shape index (κ1) is 21.8. The summed E-state index contributed by atoms with van der Waals surface area (Å²) in [4.78, 5) is 10.4. The Balaban J connectivity index is 0. The number of nitrogens with zero attached hydrogens (tertiary/aromatic N) is 1. The first-order chi connectivity index (χ1) is 10.3. The molecule has 0 aromatic heterocycles. The minimum absolute atomic E-state index is 0.551. The van der Waals surface area contributed by atoms with Gasteiger partial charge in [-0.3, -0.25) is 0 Å². The topological polar surface area (TPSA) is 32.3 Å². The molecule has 21 heavy (non-hydrogen) atoms. The molecule has 0 aliphatic carbocycles. The van der Waals surface area contributed by atoms with Crippen LogP contribution in [0.3, 0.4) is 0 Å². The molecule has 0 bridgehead atoms. The molecule has 1 aromatic rings. The van der Waals surface area contributed by atoms with Gasteiger partial charge in [-0.2, -0.15) is 0 Å². The van der Waals surface area contributed by atoms with Gasteiger partial charge < -0.3 is 15.0 Å². The van der Waals surface area contributed by atoms with Crippen LogP contribution in [0.1, 0.15) is 31.7 Å². The lowest BCUT2D eigenvalue weighted by molar-refractivity contribution is -0.0979. The van der Waals surface area contributed by atoms with Gasteiger partial charge in [-0.15, -0.1) is 6.58 Å². The van der Waals surface area contributed by atoms with Crippen molar-refractivity contribution in [1.29, 1.82) is 0 Å². The average molecular weight is 292 g/mol. The molecule has 1 rings (SSSR count).